The van der Waals surface area contributed by atoms with Gasteiger partial charge in [0, 0.05) is 24.3 Å². The lowest BCUT2D eigenvalue weighted by atomic mass is 10.2. The molecule has 1 heterocycles. The number of anilines is 1. The van der Waals surface area contributed by atoms with Gasteiger partial charge in [-0.25, -0.2) is 5.01 Å². The molecule has 0 saturated heterocycles. The fourth-order valence-electron chi connectivity index (χ4n) is 1.51. The highest BCUT2D eigenvalue weighted by Gasteiger charge is 2.19. The summed E-state index contributed by atoms with van der Waals surface area (Å²) in [5.74, 6) is 0.381. The molecule has 0 saturated carbocycles. The number of benzene rings is 1. The lowest BCUT2D eigenvalue weighted by Gasteiger charge is -2.13. The first-order chi connectivity index (χ1) is 7.58. The zero-order valence-electron chi connectivity index (χ0n) is 8.67. The number of hydrogen-bond acceptors (Lipinski definition) is 4. The summed E-state index contributed by atoms with van der Waals surface area (Å²) in [5, 5.41) is 23.8. The van der Waals surface area contributed by atoms with Gasteiger partial charge in [0.15, 0.2) is 0 Å². The summed E-state index contributed by atoms with van der Waals surface area (Å²) >= 11 is 0. The minimum absolute atomic E-state index is 0.0372. The van der Waals surface area contributed by atoms with E-state index >= 15 is 0 Å². The van der Waals surface area contributed by atoms with E-state index in [4.69, 9.17) is 5.41 Å². The van der Waals surface area contributed by atoms with Crippen LogP contribution < -0.4 is 5.01 Å². The highest BCUT2D eigenvalue weighted by molar-refractivity contribution is 6.13. The van der Waals surface area contributed by atoms with Crippen LogP contribution in [0.5, 0.6) is 0 Å². The van der Waals surface area contributed by atoms with Crippen LogP contribution in [0.3, 0.4) is 0 Å². The van der Waals surface area contributed by atoms with Gasteiger partial charge < -0.3 is 0 Å². The van der Waals surface area contributed by atoms with Crippen molar-refractivity contribution in [1.29, 1.82) is 5.41 Å². The van der Waals surface area contributed by atoms with E-state index < -0.39 is 4.92 Å². The SMILES string of the molecule is CC1=NN(c2ccc([N+](=O)[O-])cc2)C(=N)C1. The van der Waals surface area contributed by atoms with E-state index in [0.717, 1.165) is 5.71 Å². The van der Waals surface area contributed by atoms with Crippen molar-refractivity contribution in [1.82, 2.24) is 0 Å². The summed E-state index contributed by atoms with van der Waals surface area (Å²) in [6.45, 7) is 1.85. The minimum Gasteiger partial charge on any atom is -0.286 e. The number of nitrogens with one attached hydrogen (secondary N) is 1. The number of nitro groups is 1. The van der Waals surface area contributed by atoms with Crippen LogP contribution in [0.4, 0.5) is 11.4 Å². The third kappa shape index (κ3) is 1.77. The molecule has 0 aromatic heterocycles. The molecular formula is C10H10N4O2. The van der Waals surface area contributed by atoms with Gasteiger partial charge in [-0.15, -0.1) is 0 Å². The van der Waals surface area contributed by atoms with Gasteiger partial charge in [0.05, 0.1) is 10.6 Å². The summed E-state index contributed by atoms with van der Waals surface area (Å²) in [6.07, 6.45) is 0.525. The maximum atomic E-state index is 10.5. The number of hydrazone groups is 1. The van der Waals surface area contributed by atoms with Gasteiger partial charge in [-0.2, -0.15) is 5.10 Å². The van der Waals surface area contributed by atoms with Crippen LogP contribution in [0.25, 0.3) is 0 Å². The van der Waals surface area contributed by atoms with E-state index in [1.165, 1.54) is 17.1 Å². The Hall–Kier alpha value is -2.24. The molecule has 0 radical (unpaired) electrons. The summed E-state index contributed by atoms with van der Waals surface area (Å²) in [4.78, 5) is 10.0. The smallest absolute Gasteiger partial charge is 0.269 e. The first-order valence-electron chi connectivity index (χ1n) is 4.74. The molecule has 82 valence electrons. The first kappa shape index (κ1) is 10.3. The number of non-ortho nitro benzene ring substituents is 1. The minimum atomic E-state index is -0.451. The predicted octanol–water partition coefficient (Wildman–Crippen LogP) is 2.16. The molecule has 6 nitrogen and oxygen atoms in total. The second kappa shape index (κ2) is 3.73. The molecule has 0 amide bonds. The molecule has 0 atom stereocenters. The van der Waals surface area contributed by atoms with Crippen LogP contribution in [0, 0.1) is 15.5 Å². The molecule has 0 spiro atoms. The van der Waals surface area contributed by atoms with Crippen molar-refractivity contribution in [3.8, 4) is 0 Å². The fraction of sp³-hybridized carbons (Fsp3) is 0.200. The number of amidine groups is 1. The lowest BCUT2D eigenvalue weighted by molar-refractivity contribution is -0.384. The maximum Gasteiger partial charge on any atom is 0.269 e. The van der Waals surface area contributed by atoms with Gasteiger partial charge in [0.25, 0.3) is 5.69 Å². The molecule has 0 unspecified atom stereocenters. The van der Waals surface area contributed by atoms with Crippen LogP contribution in [-0.4, -0.2) is 16.5 Å². The van der Waals surface area contributed by atoms with Crippen molar-refractivity contribution in [2.24, 2.45) is 5.10 Å². The van der Waals surface area contributed by atoms with Gasteiger partial charge >= 0.3 is 0 Å². The Morgan fingerprint density at radius 2 is 2.06 bits per heavy atom. The van der Waals surface area contributed by atoms with E-state index in [0.29, 0.717) is 17.9 Å². The average Bonchev–Trinajstić information content (AvgIpc) is 2.58. The van der Waals surface area contributed by atoms with Crippen LogP contribution in [0.1, 0.15) is 13.3 Å². The topological polar surface area (TPSA) is 82.6 Å². The maximum absolute atomic E-state index is 10.5. The van der Waals surface area contributed by atoms with Crippen molar-refractivity contribution in [3.63, 3.8) is 0 Å². The molecule has 16 heavy (non-hydrogen) atoms. The molecule has 1 aromatic rings. The summed E-state index contributed by atoms with van der Waals surface area (Å²) in [7, 11) is 0. The van der Waals surface area contributed by atoms with Crippen molar-refractivity contribution in [2.45, 2.75) is 13.3 Å². The van der Waals surface area contributed by atoms with Crippen LogP contribution in [0.15, 0.2) is 29.4 Å². The third-order valence-electron chi connectivity index (χ3n) is 2.25. The summed E-state index contributed by atoms with van der Waals surface area (Å²) in [5.41, 5.74) is 1.57. The predicted molar refractivity (Wildman–Crippen MR) is 61.0 cm³/mol. The van der Waals surface area contributed by atoms with E-state index in [1.54, 1.807) is 12.1 Å². The Morgan fingerprint density at radius 1 is 1.44 bits per heavy atom. The Labute approximate surface area is 91.8 Å². The molecule has 0 fully saturated rings. The first-order valence-corrected chi connectivity index (χ1v) is 4.74. The molecule has 1 aromatic carbocycles. The van der Waals surface area contributed by atoms with Crippen LogP contribution >= 0.6 is 0 Å². The number of nitrogens with zero attached hydrogens (tertiary/aromatic N) is 3. The van der Waals surface area contributed by atoms with Gasteiger partial charge in [-0.1, -0.05) is 0 Å². The molecule has 6 heteroatoms. The molecule has 1 aliphatic heterocycles. The fourth-order valence-corrected chi connectivity index (χ4v) is 1.51. The van der Waals surface area contributed by atoms with Crippen molar-refractivity contribution in [3.05, 3.63) is 34.4 Å². The Balaban J connectivity index is 2.29. The molecule has 0 bridgehead atoms. The Kier molecular flexibility index (Phi) is 2.40. The highest BCUT2D eigenvalue weighted by Crippen LogP contribution is 2.23. The lowest BCUT2D eigenvalue weighted by Crippen LogP contribution is -2.18. The quantitative estimate of drug-likeness (QED) is 0.609. The standard InChI is InChI=1S/C10H10N4O2/c1-7-6-10(11)13(12-7)8-2-4-9(5-3-8)14(15)16/h2-5,11H,6H2,1H3. The van der Waals surface area contributed by atoms with E-state index in [-0.39, 0.29) is 5.69 Å². The van der Waals surface area contributed by atoms with Gasteiger partial charge in [-0.3, -0.25) is 15.5 Å². The zero-order valence-corrected chi connectivity index (χ0v) is 8.67. The number of nitro benzene ring substituents is 1. The number of hydrogen-bond donors (Lipinski definition) is 1. The van der Waals surface area contributed by atoms with E-state index in [2.05, 4.69) is 5.10 Å². The van der Waals surface area contributed by atoms with Crippen molar-refractivity contribution >= 4 is 22.9 Å². The molecule has 0 aliphatic carbocycles. The molecular weight excluding hydrogens is 208 g/mol. The van der Waals surface area contributed by atoms with Crippen molar-refractivity contribution < 1.29 is 4.92 Å². The largest absolute Gasteiger partial charge is 0.286 e. The van der Waals surface area contributed by atoms with E-state index in [9.17, 15) is 10.1 Å². The molecule has 2 rings (SSSR count). The Morgan fingerprint density at radius 3 is 2.50 bits per heavy atom. The van der Waals surface area contributed by atoms with Crippen molar-refractivity contribution in [2.75, 3.05) is 5.01 Å². The molecule has 1 N–H and O–H groups in total. The van der Waals surface area contributed by atoms with Crippen LogP contribution in [0.2, 0.25) is 0 Å². The monoisotopic (exact) mass is 218 g/mol. The second-order valence-corrected chi connectivity index (χ2v) is 3.54. The van der Waals surface area contributed by atoms with Gasteiger partial charge in [0.2, 0.25) is 0 Å². The summed E-state index contributed by atoms with van der Waals surface area (Å²) < 4.78 is 0. The van der Waals surface area contributed by atoms with Crippen LogP contribution in [-0.2, 0) is 0 Å². The van der Waals surface area contributed by atoms with Gasteiger partial charge in [0.1, 0.15) is 5.84 Å². The zero-order chi connectivity index (χ0) is 11.7. The Bertz CT molecular complexity index is 478. The number of rotatable bonds is 2. The van der Waals surface area contributed by atoms with E-state index in [1.807, 2.05) is 6.92 Å². The highest BCUT2D eigenvalue weighted by atomic mass is 16.6. The summed E-state index contributed by atoms with van der Waals surface area (Å²) in [6, 6.07) is 6.00. The molecule has 1 aliphatic rings. The third-order valence-corrected chi connectivity index (χ3v) is 2.25. The average molecular weight is 218 g/mol. The second-order valence-electron chi connectivity index (χ2n) is 3.54. The van der Waals surface area contributed by atoms with Gasteiger partial charge in [-0.05, 0) is 19.1 Å². The normalized spacial score (nSPS) is 15.2.